The molecule has 0 aliphatic rings. The van der Waals surface area contributed by atoms with E-state index in [1.54, 1.807) is 73.7 Å². The number of carbonyl (C=O) groups is 2. The van der Waals surface area contributed by atoms with Gasteiger partial charge < -0.3 is 32.2 Å². The molecule has 0 spiro atoms. The fourth-order valence-corrected chi connectivity index (χ4v) is 14.9. The summed E-state index contributed by atoms with van der Waals surface area (Å²) in [6.07, 6.45) is 0.615. The van der Waals surface area contributed by atoms with Gasteiger partial charge in [-0.25, -0.2) is 39.5 Å². The van der Waals surface area contributed by atoms with Crippen LogP contribution in [0.3, 0.4) is 0 Å². The lowest BCUT2D eigenvalue weighted by Crippen LogP contribution is -2.17. The molecule has 12 aromatic carbocycles. The monoisotopic (exact) mass is 1850 g/mol. The van der Waals surface area contributed by atoms with Gasteiger partial charge in [0.15, 0.2) is 23.1 Å². The molecule has 6 heterocycles. The van der Waals surface area contributed by atoms with Crippen LogP contribution in [0, 0.1) is 59.3 Å². The molecule has 0 aliphatic heterocycles. The first kappa shape index (κ1) is 90.3. The number of aryl methyl sites for hydroxylation is 1. The highest BCUT2D eigenvalue weighted by molar-refractivity contribution is 9.09. The lowest BCUT2D eigenvalue weighted by atomic mass is 9.98. The van der Waals surface area contributed by atoms with Crippen LogP contribution in [-0.2, 0) is 5.33 Å². The zero-order valence-electron chi connectivity index (χ0n) is 67.5. The molecule has 0 bridgehead atoms. The van der Waals surface area contributed by atoms with Gasteiger partial charge in [-0.1, -0.05) is 203 Å². The molecule has 0 amide bonds. The predicted octanol–water partition coefficient (Wildman–Crippen LogP) is 25.5. The van der Waals surface area contributed by atoms with Crippen LogP contribution in [0.2, 0.25) is 0 Å². The molecule has 0 saturated carbocycles. The Morgan fingerprint density at radius 1 is 0.323 bits per heavy atom. The maximum Gasteiger partial charge on any atom is 0.204 e. The largest absolute Gasteiger partial charge is 0.460 e. The van der Waals surface area contributed by atoms with Gasteiger partial charge in [-0.05, 0) is 163 Å². The third kappa shape index (κ3) is 19.3. The van der Waals surface area contributed by atoms with Gasteiger partial charge in [-0.2, -0.15) is 0 Å². The van der Waals surface area contributed by atoms with Crippen LogP contribution in [0.15, 0.2) is 328 Å². The average Bonchev–Trinajstić information content (AvgIpc) is 0.812. The SMILES string of the molecule is CC(=O)c1oc2cccc(F)c2c(=O)c1-c1cccc(F)c1.CC(=O)c1oc2cccc(F)c2c(=O)c1-c1ccccc1.CC(Br)c1oc2cccc(F)c2c(=O)c1-c1ccccc1.CCC(N)c1oc2cccc(F)c2c(=O)c1-c1ccccc1.Cc1oc2cccc(F)c2c(=O)c1-c1cccc(F)c1.O=c1c(-c2cccc(F)c2)c(CBr)oc2cccc(F)c12. The van der Waals surface area contributed by atoms with Crippen molar-refractivity contribution in [3.8, 4) is 66.8 Å². The van der Waals surface area contributed by atoms with Gasteiger partial charge in [0.2, 0.25) is 32.6 Å². The first-order valence-corrected chi connectivity index (χ1v) is 40.9. The second-order valence-electron chi connectivity index (χ2n) is 28.4. The third-order valence-electron chi connectivity index (χ3n) is 19.9. The topological polar surface area (TPSA) is 241 Å². The molecule has 6 aromatic heterocycles. The van der Waals surface area contributed by atoms with Gasteiger partial charge in [-0.3, -0.25) is 38.4 Å². The number of nitrogens with two attached hydrogens (primary N) is 1. The quantitative estimate of drug-likeness (QED) is 0.0679. The van der Waals surface area contributed by atoms with E-state index < -0.39 is 85.9 Å². The number of rotatable bonds is 12. The molecule has 127 heavy (non-hydrogen) atoms. The van der Waals surface area contributed by atoms with Crippen molar-refractivity contribution in [2.24, 2.45) is 5.73 Å². The molecule has 2 N–H and O–H groups in total. The number of fused-ring (bicyclic) bond motifs is 6. The smallest absolute Gasteiger partial charge is 0.204 e. The van der Waals surface area contributed by atoms with E-state index in [9.17, 15) is 77.9 Å². The van der Waals surface area contributed by atoms with Gasteiger partial charge in [0.25, 0.3) is 0 Å². The van der Waals surface area contributed by atoms with Crippen molar-refractivity contribution < 1.29 is 75.6 Å². The summed E-state index contributed by atoms with van der Waals surface area (Å²) in [5, 5.41) is -0.408. The van der Waals surface area contributed by atoms with Crippen molar-refractivity contribution in [1.82, 2.24) is 0 Å². The molecule has 2 atom stereocenters. The summed E-state index contributed by atoms with van der Waals surface area (Å²) in [6, 6.07) is 68.0. The minimum absolute atomic E-state index is 0.00625. The molecule has 0 fully saturated rings. The molecule has 2 unspecified atom stereocenters. The molecular formula is C101H68Br2F9NO14. The van der Waals surface area contributed by atoms with Gasteiger partial charge in [0.1, 0.15) is 141 Å². The van der Waals surface area contributed by atoms with E-state index in [4.69, 9.17) is 32.2 Å². The number of ketones is 2. The van der Waals surface area contributed by atoms with Gasteiger partial charge in [0, 0.05) is 13.8 Å². The van der Waals surface area contributed by atoms with E-state index >= 15 is 0 Å². The standard InChI is InChI=1S/C18H16FNO2.C17H12BrFO2.C17H10F2O3.C17H11FO3.C16H9BrF2O2.C16H10F2O2/c1-2-13(20)18-15(11-7-4-3-5-8-11)17(21)16-12(19)9-6-10-14(16)22-18;1-10(18)17-14(11-6-3-2-4-7-11)16(20)15-12(19)8-5-9-13(15)21-17;1-9(20)17-14(10-4-2-5-11(18)8-10)16(21)15-12(19)6-3-7-13(15)22-17;1-10(19)17-14(11-6-3-2-4-7-11)16(20)15-12(18)8-5-9-13(15)21-17;17-8-13-14(9-3-1-4-10(18)7-9)16(20)15-11(19)5-2-6-12(15)21-13;1-9-14(10-4-2-5-11(17)8-10)16(19)15-12(18)6-3-7-13(15)20-9/h3-10,13H,2,20H2,1H3;2-10H,1H3;2-8H,1H3;2-9H,1H3;1-7H,8H2;2-8H,1H3. The highest BCUT2D eigenvalue weighted by Gasteiger charge is 2.28. The molecule has 18 rings (SSSR count). The fraction of sp³-hybridized carbons (Fsp3) is 0.0891. The van der Waals surface area contributed by atoms with Crippen molar-refractivity contribution >= 4 is 109 Å². The van der Waals surface area contributed by atoms with E-state index in [0.717, 1.165) is 17.7 Å². The zero-order chi connectivity index (χ0) is 90.8. The molecule has 15 nitrogen and oxygen atoms in total. The zero-order valence-corrected chi connectivity index (χ0v) is 70.7. The van der Waals surface area contributed by atoms with Gasteiger partial charge in [0.05, 0.1) is 49.6 Å². The lowest BCUT2D eigenvalue weighted by molar-refractivity contribution is 0.0981. The number of benzene rings is 12. The van der Waals surface area contributed by atoms with Crippen molar-refractivity contribution in [3.63, 3.8) is 0 Å². The van der Waals surface area contributed by atoms with E-state index in [1.807, 2.05) is 62.4 Å². The number of Topliss-reactive ketones (excluding diaryl/α,β-unsaturated/α-hetero) is 2. The van der Waals surface area contributed by atoms with Crippen molar-refractivity contribution in [1.29, 1.82) is 0 Å². The Labute approximate surface area is 731 Å². The molecule has 638 valence electrons. The number of hydrogen-bond donors (Lipinski definition) is 1. The summed E-state index contributed by atoms with van der Waals surface area (Å²) < 4.78 is 157. The molecule has 18 aromatic rings. The second-order valence-corrected chi connectivity index (χ2v) is 30.3. The van der Waals surface area contributed by atoms with Gasteiger partial charge >= 0.3 is 0 Å². The first-order chi connectivity index (χ1) is 61.0. The van der Waals surface area contributed by atoms with Crippen LogP contribution in [-0.4, -0.2) is 11.6 Å². The third-order valence-corrected chi connectivity index (χ3v) is 20.9. The highest BCUT2D eigenvalue weighted by atomic mass is 79.9. The van der Waals surface area contributed by atoms with Crippen molar-refractivity contribution in [2.45, 2.75) is 57.2 Å². The Morgan fingerprint density at radius 3 is 0.913 bits per heavy atom. The number of halogens is 11. The van der Waals surface area contributed by atoms with E-state index in [2.05, 4.69) is 31.9 Å². The molecule has 0 saturated heterocycles. The van der Waals surface area contributed by atoms with Crippen molar-refractivity contribution in [3.05, 3.63) is 421 Å². The van der Waals surface area contributed by atoms with E-state index in [-0.39, 0.29) is 132 Å². The van der Waals surface area contributed by atoms with Crippen LogP contribution in [0.1, 0.15) is 89.1 Å². The predicted molar refractivity (Wildman–Crippen MR) is 479 cm³/mol. The van der Waals surface area contributed by atoms with Crippen molar-refractivity contribution in [2.75, 3.05) is 0 Å². The Hall–Kier alpha value is -14.5. The average molecular weight is 1850 g/mol. The van der Waals surface area contributed by atoms with E-state index in [1.165, 1.54) is 159 Å². The van der Waals surface area contributed by atoms with Crippen LogP contribution < -0.4 is 38.3 Å². The highest BCUT2D eigenvalue weighted by Crippen LogP contribution is 2.37. The van der Waals surface area contributed by atoms with Crippen LogP contribution in [0.4, 0.5) is 39.5 Å². The minimum atomic E-state index is -0.751. The Bertz CT molecular complexity index is 7670. The normalized spacial score (nSPS) is 11.4. The lowest BCUT2D eigenvalue weighted by Gasteiger charge is -2.14. The van der Waals surface area contributed by atoms with Crippen LogP contribution in [0.25, 0.3) is 133 Å². The second kappa shape index (κ2) is 39.6. The Morgan fingerprint density at radius 2 is 0.583 bits per heavy atom. The minimum Gasteiger partial charge on any atom is -0.460 e. The van der Waals surface area contributed by atoms with Gasteiger partial charge in [-0.15, -0.1) is 0 Å². The summed E-state index contributed by atoms with van der Waals surface area (Å²) in [5.41, 5.74) is 7.95. The van der Waals surface area contributed by atoms with Crippen LogP contribution in [0.5, 0.6) is 0 Å². The number of alkyl halides is 2. The number of carbonyl (C=O) groups excluding carboxylic acids is 2. The van der Waals surface area contributed by atoms with Crippen LogP contribution >= 0.6 is 31.9 Å². The Balaban J connectivity index is 0.000000130. The Kier molecular flexibility index (Phi) is 28.1. The molecule has 26 heteroatoms. The molecular weight excluding hydrogens is 1780 g/mol. The number of hydrogen-bond acceptors (Lipinski definition) is 15. The summed E-state index contributed by atoms with van der Waals surface area (Å²) in [7, 11) is 0. The van der Waals surface area contributed by atoms with E-state index in [0.29, 0.717) is 62.8 Å². The molecule has 0 aliphatic carbocycles. The maximum atomic E-state index is 14.1. The molecule has 0 radical (unpaired) electrons. The summed E-state index contributed by atoms with van der Waals surface area (Å²) in [6.45, 7) is 7.93. The summed E-state index contributed by atoms with van der Waals surface area (Å²) >= 11 is 6.69. The maximum absolute atomic E-state index is 14.1. The first-order valence-electron chi connectivity index (χ1n) is 38.9. The summed E-state index contributed by atoms with van der Waals surface area (Å²) in [4.78, 5) is 99.3. The fourth-order valence-electron chi connectivity index (χ4n) is 14.1. The summed E-state index contributed by atoms with van der Waals surface area (Å²) in [5.74, 6) is -4.93.